The molecular formula is C9H19ClN2O. The highest BCUT2D eigenvalue weighted by atomic mass is 35.5. The number of carbonyl (C=O) groups excluding carboxylic acids is 1. The van der Waals surface area contributed by atoms with Gasteiger partial charge in [-0.3, -0.25) is 4.79 Å². The molecule has 0 saturated carbocycles. The van der Waals surface area contributed by atoms with Gasteiger partial charge in [-0.1, -0.05) is 20.8 Å². The summed E-state index contributed by atoms with van der Waals surface area (Å²) in [4.78, 5) is 11.3. The van der Waals surface area contributed by atoms with Gasteiger partial charge in [0, 0.05) is 19.6 Å². The zero-order chi connectivity index (χ0) is 9.19. The zero-order valence-electron chi connectivity index (χ0n) is 8.52. The molecule has 0 radical (unpaired) electrons. The molecule has 0 bridgehead atoms. The van der Waals surface area contributed by atoms with Crippen molar-refractivity contribution in [1.29, 1.82) is 0 Å². The van der Waals surface area contributed by atoms with Crippen LogP contribution in [0.5, 0.6) is 0 Å². The van der Waals surface area contributed by atoms with E-state index in [1.807, 2.05) is 0 Å². The Labute approximate surface area is 86.1 Å². The average Bonchev–Trinajstić information content (AvgIpc) is 1.78. The van der Waals surface area contributed by atoms with Crippen molar-refractivity contribution in [2.75, 3.05) is 19.6 Å². The average molecular weight is 207 g/mol. The van der Waals surface area contributed by atoms with Gasteiger partial charge in [0.25, 0.3) is 0 Å². The summed E-state index contributed by atoms with van der Waals surface area (Å²) in [5, 5.41) is 6.02. The van der Waals surface area contributed by atoms with E-state index in [4.69, 9.17) is 0 Å². The smallest absolute Gasteiger partial charge is 0.225 e. The molecule has 0 aliphatic carbocycles. The second-order valence-corrected chi connectivity index (χ2v) is 4.63. The lowest BCUT2D eigenvalue weighted by atomic mass is 9.96. The molecule has 1 heterocycles. The van der Waals surface area contributed by atoms with Gasteiger partial charge in [-0.2, -0.15) is 0 Å². The molecule has 1 fully saturated rings. The third-order valence-electron chi connectivity index (χ3n) is 1.95. The van der Waals surface area contributed by atoms with E-state index in [1.165, 1.54) is 0 Å². The summed E-state index contributed by atoms with van der Waals surface area (Å²) >= 11 is 0. The molecule has 0 unspecified atom stereocenters. The predicted octanol–water partition coefficient (Wildman–Crippen LogP) is 0.790. The van der Waals surface area contributed by atoms with Gasteiger partial charge in [0.1, 0.15) is 0 Å². The van der Waals surface area contributed by atoms with E-state index in [2.05, 4.69) is 31.4 Å². The van der Waals surface area contributed by atoms with Crippen LogP contribution >= 0.6 is 12.4 Å². The van der Waals surface area contributed by atoms with Crippen LogP contribution in [0.15, 0.2) is 0 Å². The standard InChI is InChI=1S/C9H18N2O.ClH/c1-9(2,3)6-11-8(12)7-4-10-5-7;/h7,10H,4-6H2,1-3H3,(H,11,12);1H. The number of carbonyl (C=O) groups is 1. The maximum absolute atomic E-state index is 11.3. The molecule has 1 amide bonds. The largest absolute Gasteiger partial charge is 0.355 e. The van der Waals surface area contributed by atoms with Gasteiger partial charge in [0.2, 0.25) is 5.91 Å². The molecule has 1 saturated heterocycles. The van der Waals surface area contributed by atoms with Crippen LogP contribution in [0.3, 0.4) is 0 Å². The number of rotatable bonds is 2. The summed E-state index contributed by atoms with van der Waals surface area (Å²) in [6.45, 7) is 8.80. The minimum absolute atomic E-state index is 0. The van der Waals surface area contributed by atoms with E-state index < -0.39 is 0 Å². The van der Waals surface area contributed by atoms with Gasteiger partial charge >= 0.3 is 0 Å². The van der Waals surface area contributed by atoms with Crippen LogP contribution in [0, 0.1) is 11.3 Å². The first-order valence-electron chi connectivity index (χ1n) is 4.47. The van der Waals surface area contributed by atoms with Gasteiger partial charge in [-0.15, -0.1) is 12.4 Å². The van der Waals surface area contributed by atoms with Crippen molar-refractivity contribution in [3.63, 3.8) is 0 Å². The lowest BCUT2D eigenvalue weighted by molar-refractivity contribution is -0.126. The number of halogens is 1. The van der Waals surface area contributed by atoms with Crippen molar-refractivity contribution in [2.24, 2.45) is 11.3 Å². The lowest BCUT2D eigenvalue weighted by Crippen LogP contribution is -2.51. The molecule has 0 aromatic heterocycles. The Bertz CT molecular complexity index is 173. The Morgan fingerprint density at radius 3 is 2.31 bits per heavy atom. The van der Waals surface area contributed by atoms with Crippen molar-refractivity contribution in [3.8, 4) is 0 Å². The quantitative estimate of drug-likeness (QED) is 0.702. The van der Waals surface area contributed by atoms with E-state index in [9.17, 15) is 4.79 Å². The van der Waals surface area contributed by atoms with Crippen LogP contribution in [-0.4, -0.2) is 25.5 Å². The molecule has 1 aliphatic heterocycles. The molecule has 0 aromatic rings. The monoisotopic (exact) mass is 206 g/mol. The molecule has 78 valence electrons. The molecule has 13 heavy (non-hydrogen) atoms. The van der Waals surface area contributed by atoms with E-state index >= 15 is 0 Å². The van der Waals surface area contributed by atoms with E-state index in [0.29, 0.717) is 0 Å². The predicted molar refractivity (Wildman–Crippen MR) is 56.1 cm³/mol. The minimum atomic E-state index is 0. The summed E-state index contributed by atoms with van der Waals surface area (Å²) in [6, 6.07) is 0. The molecule has 2 N–H and O–H groups in total. The number of hydrogen-bond acceptors (Lipinski definition) is 2. The van der Waals surface area contributed by atoms with Gasteiger partial charge in [-0.05, 0) is 5.41 Å². The lowest BCUT2D eigenvalue weighted by Gasteiger charge is -2.27. The van der Waals surface area contributed by atoms with Crippen molar-refractivity contribution in [3.05, 3.63) is 0 Å². The first kappa shape index (κ1) is 12.7. The summed E-state index contributed by atoms with van der Waals surface area (Å²) in [7, 11) is 0. The molecule has 1 aliphatic rings. The minimum Gasteiger partial charge on any atom is -0.355 e. The SMILES string of the molecule is CC(C)(C)CNC(=O)C1CNC1.Cl. The molecular weight excluding hydrogens is 188 g/mol. The maximum atomic E-state index is 11.3. The third kappa shape index (κ3) is 4.48. The highest BCUT2D eigenvalue weighted by Gasteiger charge is 2.25. The normalized spacial score (nSPS) is 17.2. The van der Waals surface area contributed by atoms with Gasteiger partial charge in [0.15, 0.2) is 0 Å². The molecule has 1 rings (SSSR count). The maximum Gasteiger partial charge on any atom is 0.225 e. The first-order valence-corrected chi connectivity index (χ1v) is 4.47. The fraction of sp³-hybridized carbons (Fsp3) is 0.889. The van der Waals surface area contributed by atoms with Crippen LogP contribution in [0.2, 0.25) is 0 Å². The Morgan fingerprint density at radius 2 is 2.00 bits per heavy atom. The number of nitrogens with one attached hydrogen (secondary N) is 2. The van der Waals surface area contributed by atoms with Crippen molar-refractivity contribution >= 4 is 18.3 Å². The fourth-order valence-corrected chi connectivity index (χ4v) is 0.971. The molecule has 0 atom stereocenters. The highest BCUT2D eigenvalue weighted by Crippen LogP contribution is 2.11. The molecule has 4 heteroatoms. The van der Waals surface area contributed by atoms with Crippen LogP contribution in [-0.2, 0) is 4.79 Å². The number of hydrogen-bond donors (Lipinski definition) is 2. The summed E-state index contributed by atoms with van der Waals surface area (Å²) in [6.07, 6.45) is 0. The van der Waals surface area contributed by atoms with Crippen LogP contribution in [0.4, 0.5) is 0 Å². The van der Waals surface area contributed by atoms with E-state index in [1.54, 1.807) is 0 Å². The van der Waals surface area contributed by atoms with Crippen molar-refractivity contribution < 1.29 is 4.79 Å². The molecule has 0 aromatic carbocycles. The Balaban J connectivity index is 0.00000144. The summed E-state index contributed by atoms with van der Waals surface area (Å²) < 4.78 is 0. The fourth-order valence-electron chi connectivity index (χ4n) is 0.971. The van der Waals surface area contributed by atoms with Crippen LogP contribution in [0.1, 0.15) is 20.8 Å². The second kappa shape index (κ2) is 4.82. The third-order valence-corrected chi connectivity index (χ3v) is 1.95. The Hall–Kier alpha value is -0.280. The zero-order valence-corrected chi connectivity index (χ0v) is 9.33. The van der Waals surface area contributed by atoms with E-state index in [-0.39, 0.29) is 29.6 Å². The van der Waals surface area contributed by atoms with Gasteiger partial charge < -0.3 is 10.6 Å². The first-order chi connectivity index (χ1) is 5.49. The summed E-state index contributed by atoms with van der Waals surface area (Å²) in [5.41, 5.74) is 0.187. The van der Waals surface area contributed by atoms with Crippen LogP contribution in [0.25, 0.3) is 0 Å². The van der Waals surface area contributed by atoms with Gasteiger partial charge in [-0.25, -0.2) is 0 Å². The van der Waals surface area contributed by atoms with Gasteiger partial charge in [0.05, 0.1) is 5.92 Å². The van der Waals surface area contributed by atoms with Crippen LogP contribution < -0.4 is 10.6 Å². The Morgan fingerprint density at radius 1 is 1.46 bits per heavy atom. The highest BCUT2D eigenvalue weighted by molar-refractivity contribution is 5.85. The number of amides is 1. The van der Waals surface area contributed by atoms with E-state index in [0.717, 1.165) is 19.6 Å². The second-order valence-electron chi connectivity index (χ2n) is 4.63. The van der Waals surface area contributed by atoms with Crippen molar-refractivity contribution in [2.45, 2.75) is 20.8 Å². The summed E-state index contributed by atoms with van der Waals surface area (Å²) in [5.74, 6) is 0.413. The Kier molecular flexibility index (Phi) is 4.71. The topological polar surface area (TPSA) is 41.1 Å². The molecule has 3 nitrogen and oxygen atoms in total. The van der Waals surface area contributed by atoms with Crippen molar-refractivity contribution in [1.82, 2.24) is 10.6 Å². The molecule has 0 spiro atoms.